The van der Waals surface area contributed by atoms with Crippen molar-refractivity contribution >= 4 is 11.9 Å². The first-order valence-electron chi connectivity index (χ1n) is 10.3. The highest BCUT2D eigenvalue weighted by Crippen LogP contribution is 2.25. The molecular weight excluding hydrogens is 426 g/mol. The maximum absolute atomic E-state index is 12.5. The van der Waals surface area contributed by atoms with E-state index in [0.29, 0.717) is 12.2 Å². The summed E-state index contributed by atoms with van der Waals surface area (Å²) < 4.78 is 40.6. The number of allylic oxidation sites excluding steroid dienone is 2. The van der Waals surface area contributed by atoms with E-state index in [4.69, 9.17) is 9.47 Å². The number of ketones is 1. The molecule has 0 heterocycles. The van der Waals surface area contributed by atoms with Gasteiger partial charge in [0.2, 0.25) is 0 Å². The van der Waals surface area contributed by atoms with Gasteiger partial charge in [-0.15, -0.1) is 6.58 Å². The van der Waals surface area contributed by atoms with Gasteiger partial charge in [0.1, 0.15) is 23.9 Å². The average molecular weight is 450 g/mol. The Labute approximate surface area is 191 Å². The summed E-state index contributed by atoms with van der Waals surface area (Å²) in [5.41, 5.74) is 2.86. The van der Waals surface area contributed by atoms with E-state index in [-0.39, 0.29) is 23.7 Å². The van der Waals surface area contributed by atoms with Gasteiger partial charge in [-0.2, -0.15) is 8.78 Å². The summed E-state index contributed by atoms with van der Waals surface area (Å²) in [5, 5.41) is 0. The number of methoxy groups -OCH3 is 1. The summed E-state index contributed by atoms with van der Waals surface area (Å²) in [6, 6.07) is 18.9. The summed E-state index contributed by atoms with van der Waals surface area (Å²) in [7, 11) is 1.58. The molecule has 0 unspecified atom stereocenters. The maximum atomic E-state index is 12.5. The molecule has 0 amide bonds. The van der Waals surface area contributed by atoms with Gasteiger partial charge in [0.25, 0.3) is 0 Å². The van der Waals surface area contributed by atoms with Crippen molar-refractivity contribution in [2.24, 2.45) is 0 Å². The minimum Gasteiger partial charge on any atom is -0.496 e. The lowest BCUT2D eigenvalue weighted by Gasteiger charge is -2.13. The monoisotopic (exact) mass is 450 g/mol. The minimum atomic E-state index is -2.95. The number of benzene rings is 3. The van der Waals surface area contributed by atoms with Gasteiger partial charge in [0.15, 0.2) is 5.78 Å². The summed E-state index contributed by atoms with van der Waals surface area (Å²) in [5.74, 6) is 1.03. The van der Waals surface area contributed by atoms with Crippen LogP contribution in [0.15, 0.2) is 85.5 Å². The predicted molar refractivity (Wildman–Crippen MR) is 124 cm³/mol. The van der Waals surface area contributed by atoms with Crippen LogP contribution < -0.4 is 14.2 Å². The van der Waals surface area contributed by atoms with Crippen LogP contribution in [0.4, 0.5) is 8.78 Å². The van der Waals surface area contributed by atoms with Gasteiger partial charge in [-0.05, 0) is 54.0 Å². The van der Waals surface area contributed by atoms with E-state index in [1.807, 2.05) is 42.5 Å². The summed E-state index contributed by atoms with van der Waals surface area (Å²) in [4.78, 5) is 12.5. The molecule has 3 aromatic rings. The average Bonchev–Trinajstić information content (AvgIpc) is 2.82. The van der Waals surface area contributed by atoms with Crippen LogP contribution in [0.25, 0.3) is 6.08 Å². The van der Waals surface area contributed by atoms with Gasteiger partial charge in [0.05, 0.1) is 7.11 Å². The second-order valence-electron chi connectivity index (χ2n) is 7.06. The first-order chi connectivity index (χ1) is 16.0. The van der Waals surface area contributed by atoms with Crippen LogP contribution in [0.1, 0.15) is 27.0 Å². The van der Waals surface area contributed by atoms with E-state index in [0.717, 1.165) is 22.4 Å². The second-order valence-corrected chi connectivity index (χ2v) is 7.06. The van der Waals surface area contributed by atoms with Crippen molar-refractivity contribution in [3.63, 3.8) is 0 Å². The molecule has 33 heavy (non-hydrogen) atoms. The van der Waals surface area contributed by atoms with Gasteiger partial charge >= 0.3 is 6.61 Å². The number of carbonyl (C=O) groups excluding carboxylic acids is 1. The molecule has 3 aromatic carbocycles. The van der Waals surface area contributed by atoms with Crippen LogP contribution in [-0.2, 0) is 13.0 Å². The fourth-order valence-corrected chi connectivity index (χ4v) is 3.23. The van der Waals surface area contributed by atoms with E-state index in [1.54, 1.807) is 25.3 Å². The van der Waals surface area contributed by atoms with Gasteiger partial charge < -0.3 is 14.2 Å². The molecule has 0 N–H and O–H groups in total. The molecule has 0 radical (unpaired) electrons. The van der Waals surface area contributed by atoms with Crippen molar-refractivity contribution in [2.45, 2.75) is 19.6 Å². The standard InChI is InChI=1S/C27H24F2O4/c1-3-7-20-8-4-5-11-26(20)32-18-22-16-19(13-15-25(22)31-2)12-14-24(30)21-9-6-10-23(17-21)33-27(28)29/h3-6,8-17,27H,1,7,18H2,2H3/b14-12+. The zero-order chi connectivity index (χ0) is 23.6. The molecule has 0 saturated heterocycles. The molecule has 0 atom stereocenters. The van der Waals surface area contributed by atoms with Crippen LogP contribution >= 0.6 is 0 Å². The molecule has 0 aliphatic heterocycles. The SMILES string of the molecule is C=CCc1ccccc1OCc1cc(/C=C/C(=O)c2cccc(OC(F)F)c2)ccc1OC. The van der Waals surface area contributed by atoms with Crippen molar-refractivity contribution < 1.29 is 27.8 Å². The highest BCUT2D eigenvalue weighted by atomic mass is 19.3. The van der Waals surface area contributed by atoms with Crippen LogP contribution in [0.3, 0.4) is 0 Å². The molecule has 170 valence electrons. The number of halogens is 2. The number of ether oxygens (including phenoxy) is 3. The molecule has 0 spiro atoms. The molecule has 4 nitrogen and oxygen atoms in total. The number of alkyl halides is 2. The lowest BCUT2D eigenvalue weighted by molar-refractivity contribution is -0.0498. The summed E-state index contributed by atoms with van der Waals surface area (Å²) in [6.07, 6.45) is 5.55. The van der Waals surface area contributed by atoms with E-state index < -0.39 is 6.61 Å². The van der Waals surface area contributed by atoms with E-state index >= 15 is 0 Å². The minimum absolute atomic E-state index is 0.0649. The van der Waals surface area contributed by atoms with Crippen molar-refractivity contribution in [3.8, 4) is 17.2 Å². The van der Waals surface area contributed by atoms with Gasteiger partial charge in [-0.3, -0.25) is 4.79 Å². The van der Waals surface area contributed by atoms with Crippen LogP contribution in [0.2, 0.25) is 0 Å². The zero-order valence-electron chi connectivity index (χ0n) is 18.2. The third-order valence-corrected chi connectivity index (χ3v) is 4.80. The van der Waals surface area contributed by atoms with Crippen molar-refractivity contribution in [1.29, 1.82) is 0 Å². The molecular formula is C27H24F2O4. The van der Waals surface area contributed by atoms with Crippen molar-refractivity contribution in [1.82, 2.24) is 0 Å². The molecule has 3 rings (SSSR count). The van der Waals surface area contributed by atoms with Crippen molar-refractivity contribution in [3.05, 3.63) is 108 Å². The first kappa shape index (κ1) is 23.7. The fraction of sp³-hybridized carbons (Fsp3) is 0.148. The zero-order valence-corrected chi connectivity index (χ0v) is 18.2. The molecule has 0 aliphatic rings. The van der Waals surface area contributed by atoms with E-state index in [9.17, 15) is 13.6 Å². The maximum Gasteiger partial charge on any atom is 0.387 e. The lowest BCUT2D eigenvalue weighted by atomic mass is 10.1. The lowest BCUT2D eigenvalue weighted by Crippen LogP contribution is -2.03. The number of carbonyl (C=O) groups is 1. The van der Waals surface area contributed by atoms with E-state index in [2.05, 4.69) is 11.3 Å². The summed E-state index contributed by atoms with van der Waals surface area (Å²) >= 11 is 0. The Hall–Kier alpha value is -3.93. The quantitative estimate of drug-likeness (QED) is 0.190. The third-order valence-electron chi connectivity index (χ3n) is 4.80. The first-order valence-corrected chi connectivity index (χ1v) is 10.3. The van der Waals surface area contributed by atoms with Gasteiger partial charge in [-0.1, -0.05) is 48.6 Å². The number of hydrogen-bond donors (Lipinski definition) is 0. The van der Waals surface area contributed by atoms with Crippen LogP contribution in [-0.4, -0.2) is 19.5 Å². The third kappa shape index (κ3) is 6.77. The molecule has 0 aromatic heterocycles. The highest BCUT2D eigenvalue weighted by Gasteiger charge is 2.09. The normalized spacial score (nSPS) is 10.9. The Morgan fingerprint density at radius 2 is 1.82 bits per heavy atom. The Morgan fingerprint density at radius 3 is 2.58 bits per heavy atom. The molecule has 0 saturated carbocycles. The number of rotatable bonds is 11. The fourth-order valence-electron chi connectivity index (χ4n) is 3.23. The molecule has 0 aliphatic carbocycles. The number of para-hydroxylation sites is 1. The topological polar surface area (TPSA) is 44.8 Å². The second kappa shape index (κ2) is 11.6. The van der Waals surface area contributed by atoms with E-state index in [1.165, 1.54) is 24.3 Å². The Kier molecular flexibility index (Phi) is 8.36. The number of hydrogen-bond acceptors (Lipinski definition) is 4. The molecule has 6 heteroatoms. The molecule has 0 fully saturated rings. The predicted octanol–water partition coefficient (Wildman–Crippen LogP) is 6.50. The smallest absolute Gasteiger partial charge is 0.387 e. The van der Waals surface area contributed by atoms with Crippen LogP contribution in [0, 0.1) is 0 Å². The van der Waals surface area contributed by atoms with Crippen LogP contribution in [0.5, 0.6) is 17.2 Å². The molecule has 0 bridgehead atoms. The van der Waals surface area contributed by atoms with Crippen molar-refractivity contribution in [2.75, 3.05) is 7.11 Å². The highest BCUT2D eigenvalue weighted by molar-refractivity contribution is 6.07. The van der Waals surface area contributed by atoms with Gasteiger partial charge in [0, 0.05) is 11.1 Å². The Morgan fingerprint density at radius 1 is 1.00 bits per heavy atom. The van der Waals surface area contributed by atoms with Gasteiger partial charge in [-0.25, -0.2) is 0 Å². The largest absolute Gasteiger partial charge is 0.496 e. The Bertz CT molecular complexity index is 1140. The summed E-state index contributed by atoms with van der Waals surface area (Å²) in [6.45, 7) is 1.11. The Balaban J connectivity index is 1.75.